The molecule has 2 heterocycles. The van der Waals surface area contributed by atoms with Crippen molar-refractivity contribution in [3.63, 3.8) is 0 Å². The van der Waals surface area contributed by atoms with Crippen molar-refractivity contribution in [1.82, 2.24) is 5.32 Å². The summed E-state index contributed by atoms with van der Waals surface area (Å²) in [4.78, 5) is 0. The van der Waals surface area contributed by atoms with Gasteiger partial charge in [-0.3, -0.25) is 0 Å². The highest BCUT2D eigenvalue weighted by Gasteiger charge is 2.24. The Morgan fingerprint density at radius 1 is 1.40 bits per heavy atom. The molecular formula is C11H15F2NS. The van der Waals surface area contributed by atoms with Gasteiger partial charge in [0.25, 0.3) is 6.43 Å². The first-order valence-corrected chi connectivity index (χ1v) is 6.20. The lowest BCUT2D eigenvalue weighted by Crippen LogP contribution is -2.35. The topological polar surface area (TPSA) is 12.0 Å². The van der Waals surface area contributed by atoms with E-state index in [1.807, 2.05) is 5.38 Å². The molecule has 0 saturated carbocycles. The molecule has 1 aliphatic rings. The number of hydrogen-bond acceptors (Lipinski definition) is 2. The molecule has 0 aliphatic carbocycles. The van der Waals surface area contributed by atoms with Crippen molar-refractivity contribution >= 4 is 11.3 Å². The number of hydrogen-bond donors (Lipinski definition) is 1. The van der Waals surface area contributed by atoms with E-state index in [1.54, 1.807) is 5.38 Å². The van der Waals surface area contributed by atoms with E-state index in [2.05, 4.69) is 12.2 Å². The maximum atomic E-state index is 12.7. The minimum Gasteiger partial charge on any atom is -0.314 e. The Morgan fingerprint density at radius 2 is 2.20 bits per heavy atom. The van der Waals surface area contributed by atoms with E-state index in [0.29, 0.717) is 6.04 Å². The molecule has 1 fully saturated rings. The van der Waals surface area contributed by atoms with Crippen LogP contribution in [-0.4, -0.2) is 12.6 Å². The monoisotopic (exact) mass is 231 g/mol. The zero-order valence-electron chi connectivity index (χ0n) is 8.67. The Labute approximate surface area is 92.5 Å². The van der Waals surface area contributed by atoms with Crippen LogP contribution in [0.2, 0.25) is 0 Å². The van der Waals surface area contributed by atoms with Crippen LogP contribution in [-0.2, 0) is 0 Å². The van der Waals surface area contributed by atoms with Crippen LogP contribution in [0.25, 0.3) is 0 Å². The summed E-state index contributed by atoms with van der Waals surface area (Å²) in [6.45, 7) is 2.97. The third-order valence-corrected chi connectivity index (χ3v) is 3.84. The smallest absolute Gasteiger partial charge is 0.264 e. The summed E-state index contributed by atoms with van der Waals surface area (Å²) in [5.74, 6) is 0.274. The highest BCUT2D eigenvalue weighted by atomic mass is 32.1. The van der Waals surface area contributed by atoms with Gasteiger partial charge in [0.15, 0.2) is 0 Å². The molecule has 0 radical (unpaired) electrons. The molecule has 2 unspecified atom stereocenters. The SMILES string of the molecule is CC1CCC(c2cscc2C(F)F)CN1. The maximum Gasteiger partial charge on any atom is 0.264 e. The predicted molar refractivity (Wildman–Crippen MR) is 58.7 cm³/mol. The summed E-state index contributed by atoms with van der Waals surface area (Å²) in [7, 11) is 0. The molecule has 15 heavy (non-hydrogen) atoms. The molecule has 2 rings (SSSR count). The largest absolute Gasteiger partial charge is 0.314 e. The summed E-state index contributed by atoms with van der Waals surface area (Å²) in [5, 5.41) is 6.81. The van der Waals surface area contributed by atoms with Crippen molar-refractivity contribution in [1.29, 1.82) is 0 Å². The van der Waals surface area contributed by atoms with Crippen LogP contribution in [0.3, 0.4) is 0 Å². The van der Waals surface area contributed by atoms with Crippen LogP contribution < -0.4 is 5.32 Å². The summed E-state index contributed by atoms with van der Waals surface area (Å²) in [6, 6.07) is 0.523. The van der Waals surface area contributed by atoms with E-state index in [9.17, 15) is 8.78 Å². The fraction of sp³-hybridized carbons (Fsp3) is 0.636. The lowest BCUT2D eigenvalue weighted by Gasteiger charge is -2.28. The van der Waals surface area contributed by atoms with Gasteiger partial charge < -0.3 is 5.32 Å². The standard InChI is InChI=1S/C11H15F2NS/c1-7-2-3-8(4-14-7)9-5-15-6-10(9)11(12)13/h5-8,11,14H,2-4H2,1H3. The third kappa shape index (κ3) is 2.37. The maximum absolute atomic E-state index is 12.7. The zero-order chi connectivity index (χ0) is 10.8. The first-order chi connectivity index (χ1) is 7.18. The lowest BCUT2D eigenvalue weighted by atomic mass is 9.89. The van der Waals surface area contributed by atoms with Crippen LogP contribution in [0.4, 0.5) is 8.78 Å². The minimum absolute atomic E-state index is 0.237. The van der Waals surface area contributed by atoms with Gasteiger partial charge in [0, 0.05) is 18.2 Å². The van der Waals surface area contributed by atoms with Crippen LogP contribution in [0.15, 0.2) is 10.8 Å². The summed E-state index contributed by atoms with van der Waals surface area (Å²) in [5.41, 5.74) is 1.09. The Bertz CT molecular complexity index is 316. The molecule has 1 aromatic heterocycles. The van der Waals surface area contributed by atoms with Crippen molar-refractivity contribution in [2.45, 2.75) is 38.2 Å². The minimum atomic E-state index is -2.33. The van der Waals surface area contributed by atoms with Gasteiger partial charge in [-0.25, -0.2) is 8.78 Å². The van der Waals surface area contributed by atoms with Gasteiger partial charge in [-0.15, -0.1) is 0 Å². The molecule has 84 valence electrons. The van der Waals surface area contributed by atoms with Crippen molar-refractivity contribution < 1.29 is 8.78 Å². The van der Waals surface area contributed by atoms with E-state index >= 15 is 0 Å². The second kappa shape index (κ2) is 4.58. The number of rotatable bonds is 2. The predicted octanol–water partition coefficient (Wildman–Crippen LogP) is 3.54. The Balaban J connectivity index is 2.12. The Kier molecular flexibility index (Phi) is 3.36. The Hall–Kier alpha value is -0.480. The summed E-state index contributed by atoms with van der Waals surface area (Å²) in [6.07, 6.45) is -0.237. The van der Waals surface area contributed by atoms with Crippen molar-refractivity contribution in [3.8, 4) is 0 Å². The first-order valence-electron chi connectivity index (χ1n) is 5.26. The van der Waals surface area contributed by atoms with Crippen LogP contribution >= 0.6 is 11.3 Å². The van der Waals surface area contributed by atoms with Crippen LogP contribution in [0, 0.1) is 0 Å². The lowest BCUT2D eigenvalue weighted by molar-refractivity contribution is 0.150. The quantitative estimate of drug-likeness (QED) is 0.821. The molecular weight excluding hydrogens is 216 g/mol. The zero-order valence-corrected chi connectivity index (χ0v) is 9.49. The van der Waals surface area contributed by atoms with Crippen molar-refractivity contribution in [2.75, 3.05) is 6.54 Å². The molecule has 4 heteroatoms. The molecule has 0 bridgehead atoms. The molecule has 0 aromatic carbocycles. The fourth-order valence-corrected chi connectivity index (χ4v) is 3.02. The highest BCUT2D eigenvalue weighted by Crippen LogP contribution is 2.35. The molecule has 1 aromatic rings. The fourth-order valence-electron chi connectivity index (χ4n) is 2.09. The van der Waals surface area contributed by atoms with Gasteiger partial charge >= 0.3 is 0 Å². The van der Waals surface area contributed by atoms with Gasteiger partial charge in [-0.1, -0.05) is 0 Å². The molecule has 1 N–H and O–H groups in total. The van der Waals surface area contributed by atoms with E-state index < -0.39 is 6.43 Å². The van der Waals surface area contributed by atoms with Gasteiger partial charge in [0.2, 0.25) is 0 Å². The van der Waals surface area contributed by atoms with Gasteiger partial charge in [-0.05, 0) is 42.0 Å². The van der Waals surface area contributed by atoms with Crippen LogP contribution in [0.5, 0.6) is 0 Å². The van der Waals surface area contributed by atoms with Gasteiger partial charge in [-0.2, -0.15) is 11.3 Å². The van der Waals surface area contributed by atoms with E-state index in [0.717, 1.165) is 24.9 Å². The van der Waals surface area contributed by atoms with Crippen molar-refractivity contribution in [3.05, 3.63) is 21.9 Å². The third-order valence-electron chi connectivity index (χ3n) is 3.06. The van der Waals surface area contributed by atoms with Crippen LogP contribution in [0.1, 0.15) is 43.2 Å². The second-order valence-corrected chi connectivity index (χ2v) is 4.91. The summed E-state index contributed by atoms with van der Waals surface area (Å²) < 4.78 is 25.4. The molecule has 0 amide bonds. The average molecular weight is 231 g/mol. The number of piperidine rings is 1. The molecule has 0 spiro atoms. The number of thiophene rings is 1. The normalized spacial score (nSPS) is 27.2. The number of nitrogens with one attached hydrogen (secondary N) is 1. The molecule has 1 saturated heterocycles. The molecule has 2 atom stereocenters. The van der Waals surface area contributed by atoms with Crippen molar-refractivity contribution in [2.24, 2.45) is 0 Å². The molecule has 1 nitrogen and oxygen atoms in total. The average Bonchev–Trinajstić information content (AvgIpc) is 2.67. The van der Waals surface area contributed by atoms with E-state index in [4.69, 9.17) is 0 Å². The Morgan fingerprint density at radius 3 is 2.80 bits per heavy atom. The number of halogens is 2. The summed E-state index contributed by atoms with van der Waals surface area (Å²) >= 11 is 1.38. The number of alkyl halides is 2. The highest BCUT2D eigenvalue weighted by molar-refractivity contribution is 7.08. The van der Waals surface area contributed by atoms with E-state index in [-0.39, 0.29) is 11.5 Å². The first kappa shape index (κ1) is 11.0. The van der Waals surface area contributed by atoms with E-state index in [1.165, 1.54) is 11.3 Å². The molecule has 1 aliphatic heterocycles. The van der Waals surface area contributed by atoms with Gasteiger partial charge in [0.05, 0.1) is 0 Å². The van der Waals surface area contributed by atoms with Gasteiger partial charge in [0.1, 0.15) is 0 Å². The second-order valence-electron chi connectivity index (χ2n) is 4.17.